The lowest BCUT2D eigenvalue weighted by molar-refractivity contribution is -0.153. The van der Waals surface area contributed by atoms with E-state index in [9.17, 15) is 28.8 Å². The Bertz CT molecular complexity index is 1130. The van der Waals surface area contributed by atoms with Crippen LogP contribution in [-0.4, -0.2) is 57.6 Å². The molecule has 2 heterocycles. The maximum absolute atomic E-state index is 12.5. The van der Waals surface area contributed by atoms with Crippen LogP contribution in [-0.2, 0) is 51.3 Å². The fourth-order valence-electron chi connectivity index (χ4n) is 3.85. The van der Waals surface area contributed by atoms with Crippen molar-refractivity contribution in [3.05, 3.63) is 83.9 Å². The lowest BCUT2D eigenvalue weighted by Crippen LogP contribution is -2.33. The minimum atomic E-state index is -1.30. The van der Waals surface area contributed by atoms with Crippen molar-refractivity contribution in [2.75, 3.05) is 0 Å². The molecule has 2 aromatic carbocycles. The minimum absolute atomic E-state index is 0.0597. The molecule has 0 radical (unpaired) electrons. The van der Waals surface area contributed by atoms with Gasteiger partial charge >= 0.3 is 11.9 Å². The van der Waals surface area contributed by atoms with Gasteiger partial charge < -0.3 is 9.47 Å². The predicted molar refractivity (Wildman–Crippen MR) is 122 cm³/mol. The molecule has 184 valence electrons. The van der Waals surface area contributed by atoms with Crippen LogP contribution >= 0.6 is 0 Å². The van der Waals surface area contributed by atoms with Crippen molar-refractivity contribution < 1.29 is 38.2 Å². The van der Waals surface area contributed by atoms with Crippen LogP contribution in [0.5, 0.6) is 0 Å². The van der Waals surface area contributed by atoms with Gasteiger partial charge in [-0.15, -0.1) is 0 Å². The molecule has 2 aliphatic heterocycles. The fourth-order valence-corrected chi connectivity index (χ4v) is 3.85. The summed E-state index contributed by atoms with van der Waals surface area (Å²) < 4.78 is 10.1. The molecule has 0 aliphatic carbocycles. The molecule has 2 aromatic rings. The number of amides is 4. The number of carbonyl (C=O) groups excluding carboxylic acids is 6. The first-order valence-electron chi connectivity index (χ1n) is 11.2. The van der Waals surface area contributed by atoms with Crippen molar-refractivity contribution in [3.8, 4) is 0 Å². The molecule has 36 heavy (non-hydrogen) atoms. The van der Waals surface area contributed by atoms with Crippen LogP contribution in [0.25, 0.3) is 0 Å². The van der Waals surface area contributed by atoms with Gasteiger partial charge in [-0.3, -0.25) is 29.0 Å². The van der Waals surface area contributed by atoms with Crippen molar-refractivity contribution in [1.29, 1.82) is 0 Å². The van der Waals surface area contributed by atoms with Gasteiger partial charge in [-0.05, 0) is 11.1 Å². The molecule has 10 heteroatoms. The number of hydrogen-bond acceptors (Lipinski definition) is 8. The summed E-state index contributed by atoms with van der Waals surface area (Å²) in [6, 6.07) is 17.8. The number of esters is 2. The summed E-state index contributed by atoms with van der Waals surface area (Å²) in [6.07, 6.45) is -1.71. The molecule has 0 N–H and O–H groups in total. The topological polar surface area (TPSA) is 127 Å². The lowest BCUT2D eigenvalue weighted by atomic mass is 10.2. The van der Waals surface area contributed by atoms with Crippen molar-refractivity contribution in [2.24, 2.45) is 0 Å². The number of carbonyl (C=O) groups is 6. The summed E-state index contributed by atoms with van der Waals surface area (Å²) >= 11 is 0. The fraction of sp³-hybridized carbons (Fsp3) is 0.231. The molecule has 0 unspecified atom stereocenters. The number of ether oxygens (including phenoxy) is 2. The highest BCUT2D eigenvalue weighted by molar-refractivity contribution is 6.07. The van der Waals surface area contributed by atoms with E-state index in [1.165, 1.54) is 0 Å². The van der Waals surface area contributed by atoms with E-state index in [4.69, 9.17) is 9.47 Å². The van der Waals surface area contributed by atoms with Crippen LogP contribution in [0.1, 0.15) is 24.0 Å². The van der Waals surface area contributed by atoms with E-state index < -0.39 is 47.8 Å². The molecular weight excluding hydrogens is 468 g/mol. The normalized spacial score (nSPS) is 19.9. The number of imide groups is 2. The van der Waals surface area contributed by atoms with E-state index in [-0.39, 0.29) is 25.9 Å². The molecule has 0 spiro atoms. The van der Waals surface area contributed by atoms with Gasteiger partial charge in [0, 0.05) is 12.2 Å². The van der Waals surface area contributed by atoms with Crippen LogP contribution in [0.3, 0.4) is 0 Å². The molecule has 2 saturated heterocycles. The maximum Gasteiger partial charge on any atom is 0.331 e. The standard InChI is InChI=1S/C26H22N2O8/c29-21-13-19(25(33)27(21)15-17-7-3-1-4-8-17)35-23(31)11-12-24(32)36-20-14-22(30)28(26(20)34)16-18-9-5-2-6-10-18/h1-12,19-20H,13-16H2/b12-11+/t19-,20-/m1/s1. The van der Waals surface area contributed by atoms with Gasteiger partial charge in [-0.2, -0.15) is 0 Å². The first kappa shape index (κ1) is 24.5. The van der Waals surface area contributed by atoms with Crippen molar-refractivity contribution in [2.45, 2.75) is 38.1 Å². The van der Waals surface area contributed by atoms with Crippen LogP contribution in [0, 0.1) is 0 Å². The smallest absolute Gasteiger partial charge is 0.331 e. The lowest BCUT2D eigenvalue weighted by Gasteiger charge is -2.15. The molecule has 0 bridgehead atoms. The number of likely N-dealkylation sites (tertiary alicyclic amines) is 2. The molecule has 4 rings (SSSR count). The SMILES string of the molecule is O=C(/C=C/C(=O)O[C@@H]1CC(=O)N(Cc2ccccc2)C1=O)O[C@@H]1CC(=O)N(Cc2ccccc2)C1=O. The van der Waals surface area contributed by atoms with Crippen molar-refractivity contribution in [3.63, 3.8) is 0 Å². The van der Waals surface area contributed by atoms with Gasteiger partial charge in [0.05, 0.1) is 25.9 Å². The van der Waals surface area contributed by atoms with E-state index >= 15 is 0 Å². The van der Waals surface area contributed by atoms with E-state index in [1.54, 1.807) is 60.7 Å². The Hall–Kier alpha value is -4.60. The van der Waals surface area contributed by atoms with Gasteiger partial charge in [-0.25, -0.2) is 9.59 Å². The van der Waals surface area contributed by atoms with Gasteiger partial charge in [0.15, 0.2) is 12.2 Å². The Morgan fingerprint density at radius 3 is 1.39 bits per heavy atom. The maximum atomic E-state index is 12.5. The second kappa shape index (κ2) is 10.8. The molecular formula is C26H22N2O8. The summed E-state index contributed by atoms with van der Waals surface area (Å²) in [6.45, 7) is 0.119. The monoisotopic (exact) mass is 490 g/mol. The largest absolute Gasteiger partial charge is 0.449 e. The van der Waals surface area contributed by atoms with Gasteiger partial charge in [-0.1, -0.05) is 60.7 Å². The van der Waals surface area contributed by atoms with E-state index in [2.05, 4.69) is 0 Å². The third-order valence-corrected chi connectivity index (χ3v) is 5.64. The number of hydrogen-bond donors (Lipinski definition) is 0. The molecule has 0 aromatic heterocycles. The van der Waals surface area contributed by atoms with Gasteiger partial charge in [0.2, 0.25) is 11.8 Å². The van der Waals surface area contributed by atoms with Crippen molar-refractivity contribution >= 4 is 35.6 Å². The number of nitrogens with zero attached hydrogens (tertiary/aromatic N) is 2. The van der Waals surface area contributed by atoms with E-state index in [1.807, 2.05) is 0 Å². The first-order valence-corrected chi connectivity index (χ1v) is 11.2. The molecule has 2 fully saturated rings. The predicted octanol–water partition coefficient (Wildman–Crippen LogP) is 1.28. The highest BCUT2D eigenvalue weighted by atomic mass is 16.6. The summed E-state index contributed by atoms with van der Waals surface area (Å²) in [4.78, 5) is 75.6. The first-order chi connectivity index (χ1) is 17.3. The molecule has 4 amide bonds. The zero-order chi connectivity index (χ0) is 25.7. The Labute approximate surface area is 206 Å². The summed E-state index contributed by atoms with van der Waals surface area (Å²) in [5.41, 5.74) is 1.49. The zero-order valence-corrected chi connectivity index (χ0v) is 19.1. The van der Waals surface area contributed by atoms with Crippen molar-refractivity contribution in [1.82, 2.24) is 9.80 Å². The second-order valence-corrected chi connectivity index (χ2v) is 8.20. The second-order valence-electron chi connectivity index (χ2n) is 8.20. The highest BCUT2D eigenvalue weighted by Gasteiger charge is 2.42. The van der Waals surface area contributed by atoms with Gasteiger partial charge in [0.25, 0.3) is 11.8 Å². The average Bonchev–Trinajstić information content (AvgIpc) is 3.28. The quantitative estimate of drug-likeness (QED) is 0.308. The van der Waals surface area contributed by atoms with E-state index in [0.717, 1.165) is 33.1 Å². The van der Waals surface area contributed by atoms with Crippen LogP contribution < -0.4 is 0 Å². The Morgan fingerprint density at radius 1 is 0.667 bits per heavy atom. The highest BCUT2D eigenvalue weighted by Crippen LogP contribution is 2.21. The Balaban J connectivity index is 1.27. The average molecular weight is 490 g/mol. The number of benzene rings is 2. The third-order valence-electron chi connectivity index (χ3n) is 5.64. The molecule has 2 aliphatic rings. The van der Waals surface area contributed by atoms with Crippen LogP contribution in [0.2, 0.25) is 0 Å². The minimum Gasteiger partial charge on any atom is -0.449 e. The van der Waals surface area contributed by atoms with Gasteiger partial charge in [0.1, 0.15) is 0 Å². The molecule has 10 nitrogen and oxygen atoms in total. The molecule has 0 saturated carbocycles. The third kappa shape index (κ3) is 5.72. The summed E-state index contributed by atoms with van der Waals surface area (Å²) in [7, 11) is 0. The molecule has 2 atom stereocenters. The number of rotatable bonds is 8. The van der Waals surface area contributed by atoms with Crippen LogP contribution in [0.15, 0.2) is 72.8 Å². The zero-order valence-electron chi connectivity index (χ0n) is 19.1. The summed E-state index contributed by atoms with van der Waals surface area (Å²) in [5, 5.41) is 0. The van der Waals surface area contributed by atoms with Crippen LogP contribution in [0.4, 0.5) is 0 Å². The Morgan fingerprint density at radius 2 is 1.03 bits per heavy atom. The summed E-state index contributed by atoms with van der Waals surface area (Å²) in [5.74, 6) is -4.31. The Kier molecular flexibility index (Phi) is 7.33. The van der Waals surface area contributed by atoms with E-state index in [0.29, 0.717) is 0 Å².